The molecule has 166 valence electrons. The van der Waals surface area contributed by atoms with E-state index < -0.39 is 23.8 Å². The first-order valence-corrected chi connectivity index (χ1v) is 9.73. The minimum atomic E-state index is -1.56. The van der Waals surface area contributed by atoms with Gasteiger partial charge in [0.2, 0.25) is 0 Å². The number of hydrogen-bond acceptors (Lipinski definition) is 4. The van der Waals surface area contributed by atoms with E-state index in [0.717, 1.165) is 11.1 Å². The zero-order valence-electron chi connectivity index (χ0n) is 17.5. The van der Waals surface area contributed by atoms with E-state index in [1.54, 1.807) is 48.5 Å². The zero-order valence-corrected chi connectivity index (χ0v) is 17.5. The van der Waals surface area contributed by atoms with Gasteiger partial charge in [-0.3, -0.25) is 9.59 Å². The van der Waals surface area contributed by atoms with Crippen molar-refractivity contribution in [3.8, 4) is 23.7 Å². The zero-order chi connectivity index (χ0) is 24.5. The molecule has 0 aliphatic carbocycles. The molecule has 0 fully saturated rings. The minimum Gasteiger partial charge on any atom is -0.474 e. The summed E-state index contributed by atoms with van der Waals surface area (Å²) in [5.74, 6) is 6.67. The third-order valence-electron chi connectivity index (χ3n) is 4.26. The summed E-state index contributed by atoms with van der Waals surface area (Å²) >= 11 is 0. The van der Waals surface area contributed by atoms with Crippen LogP contribution in [0, 0.1) is 23.7 Å². The highest BCUT2D eigenvalue weighted by Gasteiger charge is 2.11. The first kappa shape index (κ1) is 23.3. The van der Waals surface area contributed by atoms with Crippen LogP contribution in [0.15, 0.2) is 72.8 Å². The molecule has 4 N–H and O–H groups in total. The Bertz CT molecular complexity index is 1260. The summed E-state index contributed by atoms with van der Waals surface area (Å²) in [5.41, 5.74) is 3.65. The summed E-state index contributed by atoms with van der Waals surface area (Å²) in [4.78, 5) is 43.4. The number of benzene rings is 3. The third-order valence-corrected chi connectivity index (χ3v) is 4.26. The third kappa shape index (κ3) is 6.84. The van der Waals surface area contributed by atoms with Crippen molar-refractivity contribution < 1.29 is 29.4 Å². The molecule has 0 saturated heterocycles. The summed E-state index contributed by atoms with van der Waals surface area (Å²) in [5, 5.41) is 21.7. The molecule has 0 spiro atoms. The fourth-order valence-corrected chi connectivity index (χ4v) is 2.57. The van der Waals surface area contributed by atoms with Gasteiger partial charge in [-0.1, -0.05) is 23.7 Å². The fraction of sp³-hybridized carbons (Fsp3) is 0. The number of carboxylic acids is 2. The van der Waals surface area contributed by atoms with Crippen molar-refractivity contribution in [2.45, 2.75) is 0 Å². The molecule has 0 atom stereocenters. The largest absolute Gasteiger partial charge is 0.474 e. The standard InChI is InChI=1S/C26H16N2O6/c29-23(25(31)32)27-21-13-9-19(10-14-21)7-5-17-1-2-18(4-3-17)6-8-20-11-15-22(16-12-20)28-24(30)26(33)34/h1-4,9-16H,(H,27,29)(H,28,30)(H,31,32)(H,33,34). The highest BCUT2D eigenvalue weighted by atomic mass is 16.4. The topological polar surface area (TPSA) is 133 Å². The minimum absolute atomic E-state index is 0.362. The van der Waals surface area contributed by atoms with Gasteiger partial charge in [-0.2, -0.15) is 0 Å². The van der Waals surface area contributed by atoms with E-state index in [0.29, 0.717) is 22.5 Å². The van der Waals surface area contributed by atoms with Gasteiger partial charge in [-0.25, -0.2) is 9.59 Å². The van der Waals surface area contributed by atoms with Gasteiger partial charge in [0.1, 0.15) is 0 Å². The second-order valence-corrected chi connectivity index (χ2v) is 6.75. The number of aliphatic carboxylic acids is 2. The Hall–Kier alpha value is -5.34. The molecule has 8 heteroatoms. The SMILES string of the molecule is O=C(O)C(=O)Nc1ccc(C#Cc2ccc(C#Cc3ccc(NC(=O)C(=O)O)cc3)cc2)cc1. The van der Waals surface area contributed by atoms with E-state index in [2.05, 4.69) is 34.3 Å². The molecule has 0 unspecified atom stereocenters. The van der Waals surface area contributed by atoms with E-state index in [1.165, 1.54) is 0 Å². The van der Waals surface area contributed by atoms with Crippen LogP contribution in [0.5, 0.6) is 0 Å². The molecular formula is C26H16N2O6. The fourth-order valence-electron chi connectivity index (χ4n) is 2.57. The Labute approximate surface area is 194 Å². The maximum atomic E-state index is 11.2. The Kier molecular flexibility index (Phi) is 7.41. The lowest BCUT2D eigenvalue weighted by molar-refractivity contribution is -0.147. The summed E-state index contributed by atoms with van der Waals surface area (Å²) in [6.07, 6.45) is 0. The van der Waals surface area contributed by atoms with E-state index in [4.69, 9.17) is 10.2 Å². The van der Waals surface area contributed by atoms with Crippen molar-refractivity contribution in [1.82, 2.24) is 0 Å². The molecule has 3 rings (SSSR count). The van der Waals surface area contributed by atoms with Gasteiger partial charge in [0, 0.05) is 33.6 Å². The molecule has 8 nitrogen and oxygen atoms in total. The number of rotatable bonds is 2. The highest BCUT2D eigenvalue weighted by Crippen LogP contribution is 2.11. The van der Waals surface area contributed by atoms with Gasteiger partial charge < -0.3 is 20.8 Å². The van der Waals surface area contributed by atoms with E-state index in [1.807, 2.05) is 24.3 Å². The molecule has 3 aromatic carbocycles. The first-order valence-electron chi connectivity index (χ1n) is 9.73. The maximum absolute atomic E-state index is 11.2. The summed E-state index contributed by atoms with van der Waals surface area (Å²) in [6.45, 7) is 0. The van der Waals surface area contributed by atoms with Crippen LogP contribution in [-0.2, 0) is 19.2 Å². The molecule has 3 aromatic rings. The lowest BCUT2D eigenvalue weighted by atomic mass is 10.1. The number of carbonyl (C=O) groups is 4. The van der Waals surface area contributed by atoms with Crippen LogP contribution in [0.2, 0.25) is 0 Å². The summed E-state index contributed by atoms with van der Waals surface area (Å²) in [6, 6.07) is 20.2. The van der Waals surface area contributed by atoms with Crippen LogP contribution in [0.1, 0.15) is 22.3 Å². The van der Waals surface area contributed by atoms with Crippen LogP contribution >= 0.6 is 0 Å². The molecule has 0 radical (unpaired) electrons. The predicted octanol–water partition coefficient (Wildman–Crippen LogP) is 2.53. The maximum Gasteiger partial charge on any atom is 0.394 e. The van der Waals surface area contributed by atoms with Crippen molar-refractivity contribution >= 4 is 35.1 Å². The van der Waals surface area contributed by atoms with Crippen molar-refractivity contribution in [3.05, 3.63) is 95.1 Å². The van der Waals surface area contributed by atoms with Gasteiger partial charge in [0.15, 0.2) is 0 Å². The molecule has 2 amide bonds. The van der Waals surface area contributed by atoms with Crippen molar-refractivity contribution in [1.29, 1.82) is 0 Å². The highest BCUT2D eigenvalue weighted by molar-refractivity contribution is 6.36. The quantitative estimate of drug-likeness (QED) is 0.349. The molecule has 34 heavy (non-hydrogen) atoms. The van der Waals surface area contributed by atoms with Crippen molar-refractivity contribution in [3.63, 3.8) is 0 Å². The van der Waals surface area contributed by atoms with E-state index >= 15 is 0 Å². The van der Waals surface area contributed by atoms with Gasteiger partial charge in [-0.05, 0) is 72.8 Å². The summed E-state index contributed by atoms with van der Waals surface area (Å²) < 4.78 is 0. The lowest BCUT2D eigenvalue weighted by Crippen LogP contribution is -2.21. The van der Waals surface area contributed by atoms with Crippen molar-refractivity contribution in [2.24, 2.45) is 0 Å². The van der Waals surface area contributed by atoms with Gasteiger partial charge >= 0.3 is 23.8 Å². The average Bonchev–Trinajstić information content (AvgIpc) is 2.83. The Morgan fingerprint density at radius 3 is 0.941 bits per heavy atom. The second kappa shape index (κ2) is 10.8. The first-order chi connectivity index (χ1) is 16.3. The molecule has 0 saturated carbocycles. The molecular weight excluding hydrogens is 436 g/mol. The number of anilines is 2. The Morgan fingerprint density at radius 2 is 0.706 bits per heavy atom. The second-order valence-electron chi connectivity index (χ2n) is 6.75. The molecule has 0 aliphatic rings. The van der Waals surface area contributed by atoms with Gasteiger partial charge in [-0.15, -0.1) is 0 Å². The van der Waals surface area contributed by atoms with E-state index in [-0.39, 0.29) is 0 Å². The van der Waals surface area contributed by atoms with Gasteiger partial charge in [0.25, 0.3) is 0 Å². The van der Waals surface area contributed by atoms with Gasteiger partial charge in [0.05, 0.1) is 0 Å². The van der Waals surface area contributed by atoms with Crippen molar-refractivity contribution in [2.75, 3.05) is 10.6 Å². The number of carbonyl (C=O) groups excluding carboxylic acids is 2. The smallest absolute Gasteiger partial charge is 0.394 e. The lowest BCUT2D eigenvalue weighted by Gasteiger charge is -2.01. The molecule has 0 aliphatic heterocycles. The Balaban J connectivity index is 1.60. The average molecular weight is 452 g/mol. The summed E-state index contributed by atoms with van der Waals surface area (Å²) in [7, 11) is 0. The van der Waals surface area contributed by atoms with E-state index in [9.17, 15) is 19.2 Å². The molecule has 0 bridgehead atoms. The van der Waals surface area contributed by atoms with Crippen LogP contribution in [-0.4, -0.2) is 34.0 Å². The van der Waals surface area contributed by atoms with Crippen LogP contribution in [0.3, 0.4) is 0 Å². The molecule has 0 aromatic heterocycles. The van der Waals surface area contributed by atoms with Crippen LogP contribution in [0.4, 0.5) is 11.4 Å². The number of carboxylic acid groups (broad SMARTS) is 2. The van der Waals surface area contributed by atoms with Crippen LogP contribution < -0.4 is 10.6 Å². The Morgan fingerprint density at radius 1 is 0.471 bits per heavy atom. The number of nitrogens with one attached hydrogen (secondary N) is 2. The normalized spacial score (nSPS) is 9.41. The monoisotopic (exact) mass is 452 g/mol. The van der Waals surface area contributed by atoms with Crippen LogP contribution in [0.25, 0.3) is 0 Å². The predicted molar refractivity (Wildman–Crippen MR) is 124 cm³/mol. The number of amides is 2. The molecule has 0 heterocycles. The number of hydrogen-bond donors (Lipinski definition) is 4.